The van der Waals surface area contributed by atoms with E-state index in [-0.39, 0.29) is 5.91 Å². The number of thioether (sulfide) groups is 1. The molecule has 1 N–H and O–H groups in total. The molecule has 7 nitrogen and oxygen atoms in total. The molecule has 140 valence electrons. The SMILES string of the molecule is CSc1nccn1-c1ccc(C(=O)NCc2ccnc(-n3cccn3)c2)cc1. The topological polar surface area (TPSA) is 77.6 Å². The molecule has 0 radical (unpaired) electrons. The number of carbonyl (C=O) groups excluding carboxylic acids is 1. The van der Waals surface area contributed by atoms with Crippen LogP contribution in [0, 0.1) is 0 Å². The van der Waals surface area contributed by atoms with Gasteiger partial charge >= 0.3 is 0 Å². The van der Waals surface area contributed by atoms with Crippen molar-refractivity contribution in [2.45, 2.75) is 11.7 Å². The summed E-state index contributed by atoms with van der Waals surface area (Å²) in [6.45, 7) is 0.412. The highest BCUT2D eigenvalue weighted by atomic mass is 32.2. The molecule has 0 aliphatic heterocycles. The van der Waals surface area contributed by atoms with Crippen LogP contribution in [0.2, 0.25) is 0 Å². The number of carbonyl (C=O) groups is 1. The van der Waals surface area contributed by atoms with E-state index in [2.05, 4.69) is 20.4 Å². The standard InChI is InChI=1S/C20H18N6OS/c1-28-20-22-10-12-25(20)17-5-3-16(4-6-17)19(27)23-14-15-7-9-21-18(13-15)26-11-2-8-24-26/h2-13H,14H2,1H3,(H,23,27). The smallest absolute Gasteiger partial charge is 0.251 e. The molecule has 1 amide bonds. The molecule has 0 spiro atoms. The van der Waals surface area contributed by atoms with Gasteiger partial charge in [-0.2, -0.15) is 5.10 Å². The summed E-state index contributed by atoms with van der Waals surface area (Å²) in [5.74, 6) is 0.589. The quantitative estimate of drug-likeness (QED) is 0.512. The maximum absolute atomic E-state index is 12.5. The van der Waals surface area contributed by atoms with E-state index in [0.29, 0.717) is 17.9 Å². The Morgan fingerprint density at radius 2 is 1.93 bits per heavy atom. The van der Waals surface area contributed by atoms with Gasteiger partial charge in [-0.3, -0.25) is 9.36 Å². The molecule has 3 aromatic heterocycles. The van der Waals surface area contributed by atoms with Crippen LogP contribution in [0.15, 0.2) is 78.6 Å². The minimum Gasteiger partial charge on any atom is -0.348 e. The maximum atomic E-state index is 12.5. The summed E-state index contributed by atoms with van der Waals surface area (Å²) >= 11 is 1.57. The lowest BCUT2D eigenvalue weighted by molar-refractivity contribution is 0.0951. The third kappa shape index (κ3) is 3.81. The van der Waals surface area contributed by atoms with Crippen molar-refractivity contribution in [2.24, 2.45) is 0 Å². The van der Waals surface area contributed by atoms with Crippen molar-refractivity contribution in [1.82, 2.24) is 29.6 Å². The summed E-state index contributed by atoms with van der Waals surface area (Å²) in [4.78, 5) is 21.1. The van der Waals surface area contributed by atoms with Crippen molar-refractivity contribution >= 4 is 17.7 Å². The molecule has 0 bridgehead atoms. The molecule has 0 unspecified atom stereocenters. The molecule has 0 fully saturated rings. The second-order valence-electron chi connectivity index (χ2n) is 5.99. The minimum absolute atomic E-state index is 0.125. The van der Waals surface area contributed by atoms with Gasteiger partial charge in [0.05, 0.1) is 0 Å². The summed E-state index contributed by atoms with van der Waals surface area (Å²) in [5, 5.41) is 8.02. The largest absolute Gasteiger partial charge is 0.348 e. The second-order valence-corrected chi connectivity index (χ2v) is 6.76. The number of nitrogens with zero attached hydrogens (tertiary/aromatic N) is 5. The molecule has 0 saturated carbocycles. The van der Waals surface area contributed by atoms with E-state index in [1.54, 1.807) is 35.0 Å². The van der Waals surface area contributed by atoms with Gasteiger partial charge in [0.25, 0.3) is 5.91 Å². The number of rotatable bonds is 6. The van der Waals surface area contributed by atoms with Crippen molar-refractivity contribution in [1.29, 1.82) is 0 Å². The van der Waals surface area contributed by atoms with E-state index < -0.39 is 0 Å². The first-order valence-electron chi connectivity index (χ1n) is 8.65. The predicted octanol–water partition coefficient (Wildman–Crippen LogP) is 3.10. The van der Waals surface area contributed by atoms with E-state index in [1.165, 1.54) is 0 Å². The lowest BCUT2D eigenvalue weighted by atomic mass is 10.2. The Bertz CT molecular complexity index is 1070. The van der Waals surface area contributed by atoms with Gasteiger partial charge < -0.3 is 5.32 Å². The summed E-state index contributed by atoms with van der Waals surface area (Å²) < 4.78 is 3.67. The zero-order valence-electron chi connectivity index (χ0n) is 15.2. The van der Waals surface area contributed by atoms with Crippen molar-refractivity contribution < 1.29 is 4.79 Å². The summed E-state index contributed by atoms with van der Waals surface area (Å²) in [6, 6.07) is 13.1. The van der Waals surface area contributed by atoms with Crippen LogP contribution < -0.4 is 5.32 Å². The van der Waals surface area contributed by atoms with Crippen molar-refractivity contribution in [3.05, 3.63) is 84.6 Å². The first kappa shape index (κ1) is 18.0. The Morgan fingerprint density at radius 1 is 1.07 bits per heavy atom. The number of hydrogen-bond donors (Lipinski definition) is 1. The van der Waals surface area contributed by atoms with Crippen molar-refractivity contribution in [3.63, 3.8) is 0 Å². The fraction of sp³-hybridized carbons (Fsp3) is 0.100. The fourth-order valence-electron chi connectivity index (χ4n) is 2.80. The first-order valence-corrected chi connectivity index (χ1v) is 9.88. The Labute approximate surface area is 166 Å². The number of benzene rings is 1. The van der Waals surface area contributed by atoms with E-state index >= 15 is 0 Å². The van der Waals surface area contributed by atoms with Crippen LogP contribution in [0.25, 0.3) is 11.5 Å². The Morgan fingerprint density at radius 3 is 2.68 bits per heavy atom. The molecule has 0 aliphatic carbocycles. The minimum atomic E-state index is -0.125. The summed E-state index contributed by atoms with van der Waals surface area (Å²) in [7, 11) is 0. The van der Waals surface area contributed by atoms with Gasteiger partial charge in [-0.15, -0.1) is 0 Å². The molecule has 0 saturated heterocycles. The van der Waals surface area contributed by atoms with Gasteiger partial charge in [0, 0.05) is 48.8 Å². The fourth-order valence-corrected chi connectivity index (χ4v) is 3.32. The summed E-state index contributed by atoms with van der Waals surface area (Å²) in [5.41, 5.74) is 2.53. The molecule has 1 aromatic carbocycles. The Kier molecular flexibility index (Phi) is 5.20. The number of amides is 1. The zero-order valence-corrected chi connectivity index (χ0v) is 16.0. The highest BCUT2D eigenvalue weighted by molar-refractivity contribution is 7.98. The van der Waals surface area contributed by atoms with Crippen LogP contribution in [0.1, 0.15) is 15.9 Å². The van der Waals surface area contributed by atoms with Crippen molar-refractivity contribution in [2.75, 3.05) is 6.26 Å². The molecule has 0 aliphatic rings. The average Bonchev–Trinajstić information content (AvgIpc) is 3.44. The van der Waals surface area contributed by atoms with Gasteiger partial charge in [0.15, 0.2) is 11.0 Å². The second kappa shape index (κ2) is 8.10. The van der Waals surface area contributed by atoms with E-state index in [0.717, 1.165) is 16.4 Å². The van der Waals surface area contributed by atoms with Gasteiger partial charge in [0.1, 0.15) is 0 Å². The van der Waals surface area contributed by atoms with Crippen LogP contribution in [0.4, 0.5) is 0 Å². The first-order chi connectivity index (χ1) is 13.7. The molecule has 0 atom stereocenters. The molecule has 3 heterocycles. The number of aromatic nitrogens is 5. The third-order valence-corrected chi connectivity index (χ3v) is 4.87. The predicted molar refractivity (Wildman–Crippen MR) is 108 cm³/mol. The van der Waals surface area contributed by atoms with E-state index in [9.17, 15) is 4.79 Å². The van der Waals surface area contributed by atoms with Crippen LogP contribution in [-0.2, 0) is 6.54 Å². The van der Waals surface area contributed by atoms with Gasteiger partial charge in [0.2, 0.25) is 0 Å². The normalized spacial score (nSPS) is 10.8. The van der Waals surface area contributed by atoms with Crippen LogP contribution >= 0.6 is 11.8 Å². The van der Waals surface area contributed by atoms with E-state index in [4.69, 9.17) is 0 Å². The molecule has 8 heteroatoms. The maximum Gasteiger partial charge on any atom is 0.251 e. The van der Waals surface area contributed by atoms with Gasteiger partial charge in [-0.05, 0) is 54.3 Å². The average molecular weight is 390 g/mol. The van der Waals surface area contributed by atoms with Gasteiger partial charge in [-0.1, -0.05) is 11.8 Å². The Hall–Kier alpha value is -3.39. The molecule has 4 rings (SSSR count). The Balaban J connectivity index is 1.42. The molecular formula is C20H18N6OS. The molecule has 28 heavy (non-hydrogen) atoms. The highest BCUT2D eigenvalue weighted by Gasteiger charge is 2.08. The number of pyridine rings is 1. The van der Waals surface area contributed by atoms with Crippen molar-refractivity contribution in [3.8, 4) is 11.5 Å². The number of nitrogens with one attached hydrogen (secondary N) is 1. The zero-order chi connectivity index (χ0) is 19.3. The van der Waals surface area contributed by atoms with Crippen LogP contribution in [-0.4, -0.2) is 36.5 Å². The monoisotopic (exact) mass is 390 g/mol. The number of hydrogen-bond acceptors (Lipinski definition) is 5. The lowest BCUT2D eigenvalue weighted by Crippen LogP contribution is -2.22. The van der Waals surface area contributed by atoms with E-state index in [1.807, 2.05) is 65.7 Å². The van der Waals surface area contributed by atoms with Crippen LogP contribution in [0.5, 0.6) is 0 Å². The van der Waals surface area contributed by atoms with Gasteiger partial charge in [-0.25, -0.2) is 14.6 Å². The molecule has 4 aromatic rings. The number of imidazole rings is 1. The van der Waals surface area contributed by atoms with Crippen LogP contribution in [0.3, 0.4) is 0 Å². The third-order valence-electron chi connectivity index (χ3n) is 4.20. The lowest BCUT2D eigenvalue weighted by Gasteiger charge is -2.09. The summed E-state index contributed by atoms with van der Waals surface area (Å²) in [6.07, 6.45) is 10.9. The molecular weight excluding hydrogens is 372 g/mol. The highest BCUT2D eigenvalue weighted by Crippen LogP contribution is 2.18.